The van der Waals surface area contributed by atoms with Crippen molar-refractivity contribution in [3.8, 4) is 0 Å². The van der Waals surface area contributed by atoms with Gasteiger partial charge in [0.1, 0.15) is 16.7 Å². The van der Waals surface area contributed by atoms with Gasteiger partial charge in [-0.25, -0.2) is 8.93 Å². The standard InChI is InChI=1S/C15H17NO2S/c1-3-5-14(15-6-4-11-18-15)16-19(17)13-9-7-12(2)8-10-13/h3-4,6-11,14,16H,1,5H2,2H3/t14-,19-/m0/s1. The van der Waals surface area contributed by atoms with E-state index in [9.17, 15) is 4.21 Å². The predicted octanol–water partition coefficient (Wildman–Crippen LogP) is 3.52. The van der Waals surface area contributed by atoms with Gasteiger partial charge in [0.25, 0.3) is 0 Å². The normalized spacial score (nSPS) is 13.9. The molecule has 0 saturated carbocycles. The molecule has 2 atom stereocenters. The number of benzene rings is 1. The largest absolute Gasteiger partial charge is 0.468 e. The summed E-state index contributed by atoms with van der Waals surface area (Å²) in [4.78, 5) is 0.756. The van der Waals surface area contributed by atoms with Gasteiger partial charge in [0.05, 0.1) is 17.2 Å². The maximum absolute atomic E-state index is 12.3. The molecule has 0 unspecified atom stereocenters. The van der Waals surface area contributed by atoms with Crippen molar-refractivity contribution >= 4 is 11.0 Å². The summed E-state index contributed by atoms with van der Waals surface area (Å²) in [5.41, 5.74) is 1.15. The molecule has 2 rings (SSSR count). The summed E-state index contributed by atoms with van der Waals surface area (Å²) >= 11 is 0. The van der Waals surface area contributed by atoms with Crippen molar-refractivity contribution in [2.45, 2.75) is 24.3 Å². The SMILES string of the molecule is C=CC[C@H](N[S@@](=O)c1ccc(C)cc1)c1ccco1. The number of rotatable bonds is 6. The van der Waals surface area contributed by atoms with E-state index in [1.165, 1.54) is 0 Å². The molecule has 0 aliphatic carbocycles. The highest BCUT2D eigenvalue weighted by atomic mass is 32.2. The van der Waals surface area contributed by atoms with Crippen LogP contribution in [0.15, 0.2) is 64.6 Å². The quantitative estimate of drug-likeness (QED) is 0.820. The average Bonchev–Trinajstić information content (AvgIpc) is 2.92. The molecule has 0 aliphatic heterocycles. The highest BCUT2D eigenvalue weighted by molar-refractivity contribution is 7.83. The molecular formula is C15H17NO2S. The third-order valence-electron chi connectivity index (χ3n) is 2.77. The lowest BCUT2D eigenvalue weighted by Gasteiger charge is -2.14. The van der Waals surface area contributed by atoms with Crippen LogP contribution >= 0.6 is 0 Å². The molecule has 0 aliphatic rings. The van der Waals surface area contributed by atoms with Crippen LogP contribution in [0.1, 0.15) is 23.8 Å². The molecule has 1 heterocycles. The van der Waals surface area contributed by atoms with Crippen molar-refractivity contribution < 1.29 is 8.63 Å². The van der Waals surface area contributed by atoms with Crippen LogP contribution in [0.4, 0.5) is 0 Å². The summed E-state index contributed by atoms with van der Waals surface area (Å²) < 4.78 is 20.7. The molecule has 1 N–H and O–H groups in total. The topological polar surface area (TPSA) is 42.2 Å². The molecule has 19 heavy (non-hydrogen) atoms. The van der Waals surface area contributed by atoms with Crippen LogP contribution in [-0.2, 0) is 11.0 Å². The second-order valence-electron chi connectivity index (χ2n) is 4.29. The summed E-state index contributed by atoms with van der Waals surface area (Å²) in [5, 5.41) is 0. The molecule has 2 aromatic rings. The number of furan rings is 1. The van der Waals surface area contributed by atoms with Crippen LogP contribution in [0.3, 0.4) is 0 Å². The minimum absolute atomic E-state index is 0.130. The zero-order valence-corrected chi connectivity index (χ0v) is 11.7. The molecule has 0 saturated heterocycles. The Morgan fingerprint density at radius 1 is 1.37 bits per heavy atom. The lowest BCUT2D eigenvalue weighted by atomic mass is 10.2. The Bertz CT molecular complexity index is 546. The smallest absolute Gasteiger partial charge is 0.125 e. The van der Waals surface area contributed by atoms with Gasteiger partial charge in [-0.3, -0.25) is 0 Å². The Labute approximate surface area is 115 Å². The van der Waals surface area contributed by atoms with E-state index in [-0.39, 0.29) is 6.04 Å². The average molecular weight is 275 g/mol. The third kappa shape index (κ3) is 3.66. The summed E-state index contributed by atoms with van der Waals surface area (Å²) in [6.45, 7) is 5.72. The summed E-state index contributed by atoms with van der Waals surface area (Å²) in [6, 6.07) is 11.2. The first kappa shape index (κ1) is 13.8. The molecule has 0 amide bonds. The van der Waals surface area contributed by atoms with Gasteiger partial charge in [-0.15, -0.1) is 6.58 Å². The van der Waals surface area contributed by atoms with Gasteiger partial charge >= 0.3 is 0 Å². The first-order valence-electron chi connectivity index (χ1n) is 6.09. The van der Waals surface area contributed by atoms with Gasteiger partial charge in [0.2, 0.25) is 0 Å². The van der Waals surface area contributed by atoms with Crippen molar-refractivity contribution in [1.29, 1.82) is 0 Å². The monoisotopic (exact) mass is 275 g/mol. The zero-order valence-electron chi connectivity index (χ0n) is 10.8. The van der Waals surface area contributed by atoms with Gasteiger partial charge in [-0.1, -0.05) is 23.8 Å². The van der Waals surface area contributed by atoms with E-state index in [0.717, 1.165) is 16.2 Å². The van der Waals surface area contributed by atoms with E-state index >= 15 is 0 Å². The van der Waals surface area contributed by atoms with Gasteiger partial charge < -0.3 is 4.42 Å². The number of aryl methyl sites for hydroxylation is 1. The highest BCUT2D eigenvalue weighted by Crippen LogP contribution is 2.19. The zero-order chi connectivity index (χ0) is 13.7. The Hall–Kier alpha value is -1.65. The van der Waals surface area contributed by atoms with Crippen LogP contribution in [0.25, 0.3) is 0 Å². The molecule has 1 aromatic heterocycles. The van der Waals surface area contributed by atoms with Gasteiger partial charge in [0, 0.05) is 0 Å². The van der Waals surface area contributed by atoms with Crippen molar-refractivity contribution in [3.05, 3.63) is 66.6 Å². The van der Waals surface area contributed by atoms with E-state index in [1.807, 2.05) is 43.3 Å². The Kier molecular flexibility index (Phi) is 4.71. The molecule has 0 bridgehead atoms. The number of hydrogen-bond donors (Lipinski definition) is 1. The molecular weight excluding hydrogens is 258 g/mol. The Balaban J connectivity index is 2.11. The van der Waals surface area contributed by atoms with Gasteiger partial charge in [-0.05, 0) is 37.6 Å². The first-order valence-corrected chi connectivity index (χ1v) is 7.24. The van der Waals surface area contributed by atoms with Gasteiger partial charge in [0.15, 0.2) is 0 Å². The summed E-state index contributed by atoms with van der Waals surface area (Å²) in [5.74, 6) is 0.764. The maximum Gasteiger partial charge on any atom is 0.125 e. The van der Waals surface area contributed by atoms with Crippen molar-refractivity contribution in [2.75, 3.05) is 0 Å². The van der Waals surface area contributed by atoms with Crippen LogP contribution < -0.4 is 4.72 Å². The van der Waals surface area contributed by atoms with Crippen LogP contribution in [0, 0.1) is 6.92 Å². The van der Waals surface area contributed by atoms with Crippen LogP contribution in [-0.4, -0.2) is 4.21 Å². The maximum atomic E-state index is 12.3. The second kappa shape index (κ2) is 6.50. The lowest BCUT2D eigenvalue weighted by Crippen LogP contribution is -2.23. The highest BCUT2D eigenvalue weighted by Gasteiger charge is 2.16. The third-order valence-corrected chi connectivity index (χ3v) is 3.97. The predicted molar refractivity (Wildman–Crippen MR) is 77.0 cm³/mol. The molecule has 100 valence electrons. The molecule has 0 spiro atoms. The van der Waals surface area contributed by atoms with E-state index in [1.54, 1.807) is 12.3 Å². The van der Waals surface area contributed by atoms with E-state index in [4.69, 9.17) is 4.42 Å². The molecule has 0 radical (unpaired) electrons. The van der Waals surface area contributed by atoms with Crippen LogP contribution in [0.5, 0.6) is 0 Å². The Morgan fingerprint density at radius 3 is 2.68 bits per heavy atom. The molecule has 0 fully saturated rings. The fourth-order valence-corrected chi connectivity index (χ4v) is 2.73. The second-order valence-corrected chi connectivity index (χ2v) is 5.54. The molecule has 3 nitrogen and oxygen atoms in total. The van der Waals surface area contributed by atoms with Crippen molar-refractivity contribution in [1.82, 2.24) is 4.72 Å². The summed E-state index contributed by atoms with van der Waals surface area (Å²) in [6.07, 6.45) is 4.06. The number of hydrogen-bond acceptors (Lipinski definition) is 2. The lowest BCUT2D eigenvalue weighted by molar-refractivity contribution is 0.452. The van der Waals surface area contributed by atoms with Crippen LogP contribution in [0.2, 0.25) is 0 Å². The summed E-state index contributed by atoms with van der Waals surface area (Å²) in [7, 11) is -1.27. The van der Waals surface area contributed by atoms with Gasteiger partial charge in [-0.2, -0.15) is 0 Å². The van der Waals surface area contributed by atoms with E-state index in [0.29, 0.717) is 6.42 Å². The minimum Gasteiger partial charge on any atom is -0.468 e. The van der Waals surface area contributed by atoms with Crippen molar-refractivity contribution in [3.63, 3.8) is 0 Å². The first-order chi connectivity index (χ1) is 9.20. The van der Waals surface area contributed by atoms with E-state index < -0.39 is 11.0 Å². The minimum atomic E-state index is -1.27. The number of nitrogens with one attached hydrogen (secondary N) is 1. The van der Waals surface area contributed by atoms with E-state index in [2.05, 4.69) is 11.3 Å². The molecule has 4 heteroatoms. The fraction of sp³-hybridized carbons (Fsp3) is 0.200. The molecule has 1 aromatic carbocycles. The van der Waals surface area contributed by atoms with Crippen molar-refractivity contribution in [2.24, 2.45) is 0 Å². The fourth-order valence-electron chi connectivity index (χ4n) is 1.74. The Morgan fingerprint density at radius 2 is 2.11 bits per heavy atom.